The van der Waals surface area contributed by atoms with Gasteiger partial charge in [-0.3, -0.25) is 0 Å². The van der Waals surface area contributed by atoms with E-state index in [-0.39, 0.29) is 0 Å². The Morgan fingerprint density at radius 1 is 0.760 bits per heavy atom. The van der Waals surface area contributed by atoms with Crippen LogP contribution in [0.25, 0.3) is 16.8 Å². The molecule has 1 aliphatic rings. The van der Waals surface area contributed by atoms with Crippen LogP contribution in [0.5, 0.6) is 0 Å². The standard InChI is InChI=1S/C25H25/c1-3-9-19-17-20-12-6-8-14-23(20)25(22(19)10-4-2)24-16-15-18-11-5-7-13-21(18)24/h5-8,11-17H,3-4,9-10H2,1-2H3. The minimum absolute atomic E-state index is 1.15. The lowest BCUT2D eigenvalue weighted by Crippen LogP contribution is -2.07. The molecule has 0 atom stereocenters. The van der Waals surface area contributed by atoms with Gasteiger partial charge >= 0.3 is 0 Å². The van der Waals surface area contributed by atoms with Gasteiger partial charge in [0.05, 0.1) is 5.92 Å². The van der Waals surface area contributed by atoms with Crippen molar-refractivity contribution in [1.82, 2.24) is 0 Å². The van der Waals surface area contributed by atoms with Gasteiger partial charge in [0.2, 0.25) is 0 Å². The highest BCUT2D eigenvalue weighted by molar-refractivity contribution is 5.93. The predicted octanol–water partition coefficient (Wildman–Crippen LogP) is 6.74. The van der Waals surface area contributed by atoms with Crippen molar-refractivity contribution in [3.8, 4) is 0 Å². The minimum Gasteiger partial charge on any atom is -0.0674 e. The van der Waals surface area contributed by atoms with Gasteiger partial charge in [-0.2, -0.15) is 0 Å². The number of allylic oxidation sites excluding steroid dienone is 1. The maximum atomic E-state index is 2.43. The molecule has 0 aliphatic heterocycles. The zero-order valence-corrected chi connectivity index (χ0v) is 15.2. The van der Waals surface area contributed by atoms with Crippen molar-refractivity contribution in [2.75, 3.05) is 0 Å². The SMILES string of the molecule is CCCc1cc2ccccc2c([C]2C=Cc3ccccc32)c1CCC. The van der Waals surface area contributed by atoms with Crippen LogP contribution in [0.3, 0.4) is 0 Å². The predicted molar refractivity (Wildman–Crippen MR) is 109 cm³/mol. The second-order valence-electron chi connectivity index (χ2n) is 6.94. The average Bonchev–Trinajstić information content (AvgIpc) is 3.06. The Morgan fingerprint density at radius 3 is 2.36 bits per heavy atom. The molecule has 1 aliphatic carbocycles. The Bertz CT molecular complexity index is 930. The lowest BCUT2D eigenvalue weighted by atomic mass is 9.81. The summed E-state index contributed by atoms with van der Waals surface area (Å²) in [5.74, 6) is 1.40. The van der Waals surface area contributed by atoms with Gasteiger partial charge in [-0.25, -0.2) is 0 Å². The van der Waals surface area contributed by atoms with Crippen LogP contribution in [0.4, 0.5) is 0 Å². The molecule has 0 nitrogen and oxygen atoms in total. The Morgan fingerprint density at radius 2 is 1.52 bits per heavy atom. The molecule has 0 heterocycles. The lowest BCUT2D eigenvalue weighted by Gasteiger charge is -2.22. The van der Waals surface area contributed by atoms with E-state index < -0.39 is 0 Å². The summed E-state index contributed by atoms with van der Waals surface area (Å²) in [7, 11) is 0. The largest absolute Gasteiger partial charge is 0.0674 e. The highest BCUT2D eigenvalue weighted by Crippen LogP contribution is 2.41. The normalized spacial score (nSPS) is 13.5. The van der Waals surface area contributed by atoms with Crippen molar-refractivity contribution in [3.63, 3.8) is 0 Å². The van der Waals surface area contributed by atoms with Crippen molar-refractivity contribution in [2.45, 2.75) is 39.5 Å². The summed E-state index contributed by atoms with van der Waals surface area (Å²) in [6.45, 7) is 4.57. The molecule has 3 aromatic carbocycles. The first-order valence-corrected chi connectivity index (χ1v) is 9.51. The van der Waals surface area contributed by atoms with Gasteiger partial charge in [0.15, 0.2) is 0 Å². The van der Waals surface area contributed by atoms with Crippen molar-refractivity contribution >= 4 is 16.8 Å². The van der Waals surface area contributed by atoms with Gasteiger partial charge in [0, 0.05) is 0 Å². The molecule has 25 heavy (non-hydrogen) atoms. The fourth-order valence-electron chi connectivity index (χ4n) is 4.15. The van der Waals surface area contributed by atoms with E-state index in [1.807, 2.05) is 0 Å². The van der Waals surface area contributed by atoms with Crippen LogP contribution < -0.4 is 0 Å². The van der Waals surface area contributed by atoms with E-state index in [1.165, 1.54) is 51.8 Å². The summed E-state index contributed by atoms with van der Waals surface area (Å²) in [4.78, 5) is 0. The monoisotopic (exact) mass is 325 g/mol. The third kappa shape index (κ3) is 2.80. The van der Waals surface area contributed by atoms with Gasteiger partial charge in [-0.15, -0.1) is 0 Å². The molecule has 0 amide bonds. The van der Waals surface area contributed by atoms with E-state index in [9.17, 15) is 0 Å². The number of fused-ring (bicyclic) bond motifs is 2. The van der Waals surface area contributed by atoms with Crippen LogP contribution in [0.1, 0.15) is 54.5 Å². The Labute approximate surface area is 151 Å². The molecule has 125 valence electrons. The van der Waals surface area contributed by atoms with Crippen molar-refractivity contribution < 1.29 is 0 Å². The first-order valence-electron chi connectivity index (χ1n) is 9.51. The molecule has 0 N–H and O–H groups in total. The van der Waals surface area contributed by atoms with Crippen LogP contribution in [-0.2, 0) is 12.8 Å². The van der Waals surface area contributed by atoms with Crippen LogP contribution in [0, 0.1) is 5.92 Å². The Balaban J connectivity index is 2.01. The van der Waals surface area contributed by atoms with Crippen LogP contribution in [-0.4, -0.2) is 0 Å². The van der Waals surface area contributed by atoms with Crippen molar-refractivity contribution in [2.24, 2.45) is 0 Å². The molecular formula is C25H25. The molecule has 4 rings (SSSR count). The molecule has 0 bridgehead atoms. The highest BCUT2D eigenvalue weighted by atomic mass is 14.3. The number of hydrogen-bond acceptors (Lipinski definition) is 0. The maximum Gasteiger partial charge on any atom is 0.0572 e. The van der Waals surface area contributed by atoms with Gasteiger partial charge in [0.25, 0.3) is 0 Å². The third-order valence-corrected chi connectivity index (χ3v) is 5.22. The number of benzene rings is 3. The second-order valence-corrected chi connectivity index (χ2v) is 6.94. The van der Waals surface area contributed by atoms with Gasteiger partial charge in [-0.1, -0.05) is 93.4 Å². The zero-order chi connectivity index (χ0) is 17.2. The quantitative estimate of drug-likeness (QED) is 0.487. The number of hydrogen-bond donors (Lipinski definition) is 0. The fraction of sp³-hybridized carbons (Fsp3) is 0.240. The molecule has 0 aromatic heterocycles. The fourth-order valence-corrected chi connectivity index (χ4v) is 4.15. The lowest BCUT2D eigenvalue weighted by molar-refractivity contribution is 0.857. The summed E-state index contributed by atoms with van der Waals surface area (Å²) in [6.07, 6.45) is 9.26. The number of rotatable bonds is 5. The van der Waals surface area contributed by atoms with Crippen LogP contribution in [0.15, 0.2) is 60.7 Å². The maximum absolute atomic E-state index is 2.43. The van der Waals surface area contributed by atoms with Crippen LogP contribution in [0.2, 0.25) is 0 Å². The van der Waals surface area contributed by atoms with E-state index in [0.717, 1.165) is 12.8 Å². The first kappa shape index (κ1) is 16.1. The molecule has 0 saturated carbocycles. The van der Waals surface area contributed by atoms with Crippen LogP contribution >= 0.6 is 0 Å². The molecule has 1 radical (unpaired) electrons. The summed E-state index contributed by atoms with van der Waals surface area (Å²) >= 11 is 0. The topological polar surface area (TPSA) is 0 Å². The number of aryl methyl sites for hydroxylation is 1. The van der Waals surface area contributed by atoms with Gasteiger partial charge in [-0.05, 0) is 51.4 Å². The molecule has 3 aromatic rings. The van der Waals surface area contributed by atoms with Gasteiger partial charge < -0.3 is 0 Å². The zero-order valence-electron chi connectivity index (χ0n) is 15.2. The molecule has 0 unspecified atom stereocenters. The third-order valence-electron chi connectivity index (χ3n) is 5.22. The summed E-state index contributed by atoms with van der Waals surface area (Å²) in [5, 5.41) is 2.76. The molecule has 0 spiro atoms. The molecule has 0 fully saturated rings. The molecule has 0 saturated heterocycles. The second kappa shape index (κ2) is 6.88. The minimum atomic E-state index is 1.15. The average molecular weight is 325 g/mol. The van der Waals surface area contributed by atoms with Crippen molar-refractivity contribution in [1.29, 1.82) is 0 Å². The van der Waals surface area contributed by atoms with E-state index in [1.54, 1.807) is 5.56 Å². The van der Waals surface area contributed by atoms with Gasteiger partial charge in [0.1, 0.15) is 0 Å². The molecular weight excluding hydrogens is 300 g/mol. The summed E-state index contributed by atoms with van der Waals surface area (Å²) in [6, 6.07) is 20.1. The highest BCUT2D eigenvalue weighted by Gasteiger charge is 2.25. The van der Waals surface area contributed by atoms with Crippen molar-refractivity contribution in [3.05, 3.63) is 94.4 Å². The first-order chi connectivity index (χ1) is 12.3. The Hall–Kier alpha value is -2.34. The van der Waals surface area contributed by atoms with E-state index in [4.69, 9.17) is 0 Å². The smallest absolute Gasteiger partial charge is 0.0572 e. The van der Waals surface area contributed by atoms with E-state index >= 15 is 0 Å². The molecule has 0 heteroatoms. The Kier molecular flexibility index (Phi) is 4.44. The summed E-state index contributed by atoms with van der Waals surface area (Å²) < 4.78 is 0. The van der Waals surface area contributed by atoms with E-state index in [2.05, 4.69) is 80.6 Å². The van der Waals surface area contributed by atoms with E-state index in [0.29, 0.717) is 0 Å². The summed E-state index contributed by atoms with van der Waals surface area (Å²) in [5.41, 5.74) is 7.26.